The van der Waals surface area contributed by atoms with E-state index in [1.54, 1.807) is 0 Å². The average molecular weight is 180 g/mol. The van der Waals surface area contributed by atoms with Crippen LogP contribution in [0.25, 0.3) is 0 Å². The van der Waals surface area contributed by atoms with E-state index in [0.717, 1.165) is 5.37 Å². The largest absolute Gasteiger partial charge is 0.391 e. The predicted octanol–water partition coefficient (Wildman–Crippen LogP) is -1.55. The molecule has 0 spiro atoms. The zero-order valence-electron chi connectivity index (χ0n) is 6.08. The van der Waals surface area contributed by atoms with Crippen LogP contribution in [-0.2, 0) is 0 Å². The van der Waals surface area contributed by atoms with E-state index in [-0.39, 0.29) is 0 Å². The predicted molar refractivity (Wildman–Crippen MR) is 43.4 cm³/mol. The maximum atomic E-state index is 9.00. The fourth-order valence-electron chi connectivity index (χ4n) is 0.568. The Balaban J connectivity index is 4.00. The van der Waals surface area contributed by atoms with Crippen molar-refractivity contribution in [3.05, 3.63) is 0 Å². The van der Waals surface area contributed by atoms with Gasteiger partial charge in [0.05, 0.1) is 6.10 Å². The fraction of sp³-hybridized carbons (Fsp3) is 0.833. The number of rotatable bonds is 4. The third-order valence-corrected chi connectivity index (χ3v) is 1.61. The first-order valence-electron chi connectivity index (χ1n) is 3.18. The minimum atomic E-state index is -1.42. The SMILES string of the molecule is C[C@H](O)[C@@H](O)[C@@H](O)[C@H](O)C=S. The number of hydrogen-bond acceptors (Lipinski definition) is 5. The summed E-state index contributed by atoms with van der Waals surface area (Å²) in [6, 6.07) is 0. The molecule has 4 N–H and O–H groups in total. The van der Waals surface area contributed by atoms with Gasteiger partial charge in [-0.3, -0.25) is 0 Å². The van der Waals surface area contributed by atoms with Crippen molar-refractivity contribution in [3.8, 4) is 0 Å². The van der Waals surface area contributed by atoms with Gasteiger partial charge in [-0.1, -0.05) is 12.2 Å². The monoisotopic (exact) mass is 180 g/mol. The standard InChI is InChI=1S/C6H12O4S/c1-3(7)5(9)6(10)4(8)2-11/h2-10H,1H3/t3-,4+,5+,6-/m0/s1. The van der Waals surface area contributed by atoms with E-state index in [4.69, 9.17) is 20.4 Å². The molecule has 0 bridgehead atoms. The van der Waals surface area contributed by atoms with Gasteiger partial charge in [0.2, 0.25) is 0 Å². The molecule has 0 saturated heterocycles. The molecule has 5 heteroatoms. The fourth-order valence-corrected chi connectivity index (χ4v) is 0.729. The number of hydrogen-bond donors (Lipinski definition) is 4. The van der Waals surface area contributed by atoms with Crippen LogP contribution in [0.4, 0.5) is 0 Å². The summed E-state index contributed by atoms with van der Waals surface area (Å²) >= 11 is 4.33. The van der Waals surface area contributed by atoms with E-state index in [9.17, 15) is 0 Å². The van der Waals surface area contributed by atoms with Crippen LogP contribution >= 0.6 is 12.2 Å². The van der Waals surface area contributed by atoms with Crippen LogP contribution in [0.15, 0.2) is 0 Å². The van der Waals surface area contributed by atoms with Gasteiger partial charge < -0.3 is 20.4 Å². The molecule has 0 aliphatic carbocycles. The van der Waals surface area contributed by atoms with E-state index < -0.39 is 24.4 Å². The van der Waals surface area contributed by atoms with Gasteiger partial charge in [-0.05, 0) is 6.92 Å². The van der Waals surface area contributed by atoms with Crippen molar-refractivity contribution in [1.29, 1.82) is 0 Å². The van der Waals surface area contributed by atoms with Gasteiger partial charge in [-0.25, -0.2) is 0 Å². The molecule has 11 heavy (non-hydrogen) atoms. The molecular formula is C6H12O4S. The molecule has 0 aromatic carbocycles. The quantitative estimate of drug-likeness (QED) is 0.394. The molecule has 0 amide bonds. The maximum absolute atomic E-state index is 9.00. The minimum absolute atomic E-state index is 0.927. The molecule has 0 rings (SSSR count). The van der Waals surface area contributed by atoms with Crippen LogP contribution in [0.3, 0.4) is 0 Å². The van der Waals surface area contributed by atoms with Gasteiger partial charge in [-0.2, -0.15) is 0 Å². The van der Waals surface area contributed by atoms with Crippen LogP contribution in [0.5, 0.6) is 0 Å². The van der Waals surface area contributed by atoms with Crippen LogP contribution < -0.4 is 0 Å². The van der Waals surface area contributed by atoms with Gasteiger partial charge in [0.15, 0.2) is 0 Å². The Morgan fingerprint density at radius 2 is 1.55 bits per heavy atom. The summed E-state index contributed by atoms with van der Waals surface area (Å²) in [5.41, 5.74) is 0. The second-order valence-electron chi connectivity index (χ2n) is 2.35. The van der Waals surface area contributed by atoms with Crippen molar-refractivity contribution in [2.45, 2.75) is 31.3 Å². The summed E-state index contributed by atoms with van der Waals surface area (Å²) in [6.45, 7) is 1.31. The van der Waals surface area contributed by atoms with Crippen LogP contribution in [0.2, 0.25) is 0 Å². The highest BCUT2D eigenvalue weighted by Gasteiger charge is 2.26. The molecule has 0 fully saturated rings. The van der Waals surface area contributed by atoms with Gasteiger partial charge in [-0.15, -0.1) is 0 Å². The van der Waals surface area contributed by atoms with Crippen LogP contribution in [-0.4, -0.2) is 50.2 Å². The highest BCUT2D eigenvalue weighted by atomic mass is 32.1. The topological polar surface area (TPSA) is 80.9 Å². The molecule has 0 aromatic heterocycles. The van der Waals surface area contributed by atoms with Crippen molar-refractivity contribution < 1.29 is 20.4 Å². The lowest BCUT2D eigenvalue weighted by Gasteiger charge is -2.21. The highest BCUT2D eigenvalue weighted by molar-refractivity contribution is 7.79. The normalized spacial score (nSPS) is 21.9. The lowest BCUT2D eigenvalue weighted by Crippen LogP contribution is -2.43. The second-order valence-corrected chi connectivity index (χ2v) is 2.62. The smallest absolute Gasteiger partial charge is 0.113 e. The van der Waals surface area contributed by atoms with E-state index >= 15 is 0 Å². The van der Waals surface area contributed by atoms with E-state index in [1.807, 2.05) is 0 Å². The van der Waals surface area contributed by atoms with Gasteiger partial charge in [0.25, 0.3) is 0 Å². The number of aliphatic hydroxyl groups is 4. The average Bonchev–Trinajstić information content (AvgIpc) is 2.00. The molecular weight excluding hydrogens is 168 g/mol. The molecule has 0 radical (unpaired) electrons. The van der Waals surface area contributed by atoms with Crippen LogP contribution in [0.1, 0.15) is 6.92 Å². The third-order valence-electron chi connectivity index (χ3n) is 1.33. The molecule has 0 aliphatic heterocycles. The van der Waals surface area contributed by atoms with Gasteiger partial charge in [0.1, 0.15) is 18.3 Å². The third kappa shape index (κ3) is 3.22. The Kier molecular flexibility index (Phi) is 4.71. The van der Waals surface area contributed by atoms with Crippen molar-refractivity contribution in [2.24, 2.45) is 0 Å². The summed E-state index contributed by atoms with van der Waals surface area (Å²) in [4.78, 5) is 0. The van der Waals surface area contributed by atoms with Crippen molar-refractivity contribution in [3.63, 3.8) is 0 Å². The summed E-state index contributed by atoms with van der Waals surface area (Å²) < 4.78 is 0. The molecule has 0 aromatic rings. The Labute approximate surface area is 70.1 Å². The number of aliphatic hydroxyl groups excluding tert-OH is 4. The first-order valence-corrected chi connectivity index (χ1v) is 3.65. The van der Waals surface area contributed by atoms with Crippen molar-refractivity contribution in [1.82, 2.24) is 0 Å². The van der Waals surface area contributed by atoms with Crippen LogP contribution in [0, 0.1) is 0 Å². The van der Waals surface area contributed by atoms with E-state index in [2.05, 4.69) is 12.2 Å². The summed E-state index contributed by atoms with van der Waals surface area (Å²) in [7, 11) is 0. The lowest BCUT2D eigenvalue weighted by atomic mass is 10.1. The summed E-state index contributed by atoms with van der Waals surface area (Å²) in [5.74, 6) is 0. The number of thiocarbonyl (C=S) groups is 1. The molecule has 66 valence electrons. The highest BCUT2D eigenvalue weighted by Crippen LogP contribution is 2.02. The summed E-state index contributed by atoms with van der Waals surface area (Å²) in [6.07, 6.45) is -5.17. The zero-order valence-corrected chi connectivity index (χ0v) is 6.90. The molecule has 0 saturated carbocycles. The summed E-state index contributed by atoms with van der Waals surface area (Å²) in [5, 5.41) is 36.5. The Morgan fingerprint density at radius 1 is 1.09 bits per heavy atom. The van der Waals surface area contributed by atoms with Gasteiger partial charge >= 0.3 is 0 Å². The van der Waals surface area contributed by atoms with Gasteiger partial charge in [0, 0.05) is 5.37 Å². The molecule has 0 heterocycles. The first kappa shape index (κ1) is 10.9. The lowest BCUT2D eigenvalue weighted by molar-refractivity contribution is -0.0816. The van der Waals surface area contributed by atoms with E-state index in [1.165, 1.54) is 6.92 Å². The minimum Gasteiger partial charge on any atom is -0.391 e. The first-order chi connectivity index (χ1) is 5.00. The molecule has 0 unspecified atom stereocenters. The second kappa shape index (κ2) is 4.74. The Bertz CT molecular complexity index is 128. The zero-order chi connectivity index (χ0) is 9.02. The Hall–Kier alpha value is -0.0700. The molecule has 4 nitrogen and oxygen atoms in total. The van der Waals surface area contributed by atoms with Crippen molar-refractivity contribution >= 4 is 17.6 Å². The maximum Gasteiger partial charge on any atom is 0.113 e. The molecule has 4 atom stereocenters. The van der Waals surface area contributed by atoms with Crippen molar-refractivity contribution in [2.75, 3.05) is 0 Å². The molecule has 0 aliphatic rings. The van der Waals surface area contributed by atoms with E-state index in [0.29, 0.717) is 0 Å². The Morgan fingerprint density at radius 3 is 1.82 bits per heavy atom.